The topological polar surface area (TPSA) is 55.5 Å². The molecule has 3 N–H and O–H groups in total. The third kappa shape index (κ3) is 2.05. The summed E-state index contributed by atoms with van der Waals surface area (Å²) in [5.74, 6) is 0.754. The monoisotopic (exact) mass is 195 g/mol. The van der Waals surface area contributed by atoms with Gasteiger partial charge < -0.3 is 15.6 Å². The highest BCUT2D eigenvalue weighted by molar-refractivity contribution is 5.44. The minimum Gasteiger partial charge on any atom is -0.496 e. The summed E-state index contributed by atoms with van der Waals surface area (Å²) in [6.45, 7) is 3.91. The van der Waals surface area contributed by atoms with Crippen molar-refractivity contribution in [2.24, 2.45) is 5.73 Å². The molecule has 0 aliphatic carbocycles. The molecule has 1 atom stereocenters. The fraction of sp³-hybridized carbons (Fsp3) is 0.455. The summed E-state index contributed by atoms with van der Waals surface area (Å²) in [5, 5.41) is 9.02. The highest BCUT2D eigenvalue weighted by Crippen LogP contribution is 2.28. The molecule has 0 unspecified atom stereocenters. The number of benzene rings is 1. The van der Waals surface area contributed by atoms with Crippen molar-refractivity contribution in [2.45, 2.75) is 19.9 Å². The van der Waals surface area contributed by atoms with Crippen LogP contribution in [0.3, 0.4) is 0 Å². The molecule has 0 saturated carbocycles. The van der Waals surface area contributed by atoms with Gasteiger partial charge in [0.05, 0.1) is 19.8 Å². The van der Waals surface area contributed by atoms with Crippen molar-refractivity contribution in [3.05, 3.63) is 28.8 Å². The molecular formula is C11H17NO2. The number of aliphatic hydroxyl groups is 1. The molecular weight excluding hydrogens is 178 g/mol. The quantitative estimate of drug-likeness (QED) is 0.764. The van der Waals surface area contributed by atoms with Gasteiger partial charge in [-0.2, -0.15) is 0 Å². The van der Waals surface area contributed by atoms with E-state index in [2.05, 4.69) is 0 Å². The van der Waals surface area contributed by atoms with Crippen LogP contribution in [0.2, 0.25) is 0 Å². The van der Waals surface area contributed by atoms with Crippen LogP contribution in [0.25, 0.3) is 0 Å². The minimum atomic E-state index is -0.370. The highest BCUT2D eigenvalue weighted by Gasteiger charge is 2.14. The number of methoxy groups -OCH3 is 1. The molecule has 78 valence electrons. The van der Waals surface area contributed by atoms with Crippen molar-refractivity contribution in [3.8, 4) is 5.75 Å². The van der Waals surface area contributed by atoms with Gasteiger partial charge in [-0.15, -0.1) is 0 Å². The van der Waals surface area contributed by atoms with Crippen LogP contribution in [0, 0.1) is 13.8 Å². The third-order valence-corrected chi connectivity index (χ3v) is 2.28. The molecule has 0 bridgehead atoms. The first kappa shape index (κ1) is 11.0. The van der Waals surface area contributed by atoms with Crippen molar-refractivity contribution < 1.29 is 9.84 Å². The standard InChI is InChI=1S/C11H17NO2/c1-7-4-8(2)11(9(12)6-13)10(5-7)14-3/h4-5,9,13H,6,12H2,1-3H3/t9-/m1/s1. The molecule has 0 aromatic heterocycles. The second-order valence-corrected chi connectivity index (χ2v) is 3.49. The van der Waals surface area contributed by atoms with E-state index >= 15 is 0 Å². The molecule has 0 saturated heterocycles. The fourth-order valence-electron chi connectivity index (χ4n) is 1.68. The molecule has 0 aliphatic rings. The lowest BCUT2D eigenvalue weighted by atomic mass is 9.99. The van der Waals surface area contributed by atoms with E-state index in [-0.39, 0.29) is 12.6 Å². The van der Waals surface area contributed by atoms with Gasteiger partial charge in [0, 0.05) is 5.56 Å². The first-order valence-electron chi connectivity index (χ1n) is 4.61. The molecule has 0 fully saturated rings. The summed E-state index contributed by atoms with van der Waals surface area (Å²) in [6, 6.07) is 3.59. The van der Waals surface area contributed by atoms with Crippen molar-refractivity contribution in [1.82, 2.24) is 0 Å². The zero-order chi connectivity index (χ0) is 10.7. The van der Waals surface area contributed by atoms with E-state index in [1.54, 1.807) is 7.11 Å². The van der Waals surface area contributed by atoms with E-state index in [9.17, 15) is 0 Å². The van der Waals surface area contributed by atoms with Crippen molar-refractivity contribution in [2.75, 3.05) is 13.7 Å². The second-order valence-electron chi connectivity index (χ2n) is 3.49. The summed E-state index contributed by atoms with van der Waals surface area (Å²) in [5.41, 5.74) is 8.87. The summed E-state index contributed by atoms with van der Waals surface area (Å²) >= 11 is 0. The Morgan fingerprint density at radius 1 is 1.43 bits per heavy atom. The first-order valence-corrected chi connectivity index (χ1v) is 4.61. The average Bonchev–Trinajstić information content (AvgIpc) is 2.15. The van der Waals surface area contributed by atoms with Crippen LogP contribution in [0.15, 0.2) is 12.1 Å². The number of aliphatic hydroxyl groups excluding tert-OH is 1. The maximum absolute atomic E-state index is 9.02. The Kier molecular flexibility index (Phi) is 3.49. The normalized spacial score (nSPS) is 12.6. The van der Waals surface area contributed by atoms with Crippen LogP contribution in [0.1, 0.15) is 22.7 Å². The van der Waals surface area contributed by atoms with Crippen molar-refractivity contribution >= 4 is 0 Å². The molecule has 0 radical (unpaired) electrons. The van der Waals surface area contributed by atoms with Crippen LogP contribution < -0.4 is 10.5 Å². The van der Waals surface area contributed by atoms with E-state index in [1.807, 2.05) is 26.0 Å². The maximum Gasteiger partial charge on any atom is 0.124 e. The predicted molar refractivity (Wildman–Crippen MR) is 56.5 cm³/mol. The first-order chi connectivity index (χ1) is 6.60. The SMILES string of the molecule is COc1cc(C)cc(C)c1[C@H](N)CO. The molecule has 0 spiro atoms. The van der Waals surface area contributed by atoms with Gasteiger partial charge in [-0.1, -0.05) is 6.07 Å². The lowest BCUT2D eigenvalue weighted by Crippen LogP contribution is -2.17. The Morgan fingerprint density at radius 2 is 2.07 bits per heavy atom. The zero-order valence-corrected chi connectivity index (χ0v) is 8.87. The molecule has 1 aromatic rings. The Bertz CT molecular complexity index is 323. The summed E-state index contributed by atoms with van der Waals surface area (Å²) in [6.07, 6.45) is 0. The van der Waals surface area contributed by atoms with E-state index in [1.165, 1.54) is 0 Å². The number of rotatable bonds is 3. The van der Waals surface area contributed by atoms with Crippen LogP contribution in [0.5, 0.6) is 5.75 Å². The highest BCUT2D eigenvalue weighted by atomic mass is 16.5. The van der Waals surface area contributed by atoms with Crippen LogP contribution in [-0.4, -0.2) is 18.8 Å². The number of ether oxygens (including phenoxy) is 1. The molecule has 0 aliphatic heterocycles. The van der Waals surface area contributed by atoms with Gasteiger partial charge >= 0.3 is 0 Å². The van der Waals surface area contributed by atoms with E-state index < -0.39 is 0 Å². The maximum atomic E-state index is 9.02. The second kappa shape index (κ2) is 4.44. The van der Waals surface area contributed by atoms with Gasteiger partial charge in [0.1, 0.15) is 5.75 Å². The smallest absolute Gasteiger partial charge is 0.124 e. The summed E-state index contributed by atoms with van der Waals surface area (Å²) < 4.78 is 5.24. The van der Waals surface area contributed by atoms with E-state index in [0.29, 0.717) is 0 Å². The average molecular weight is 195 g/mol. The molecule has 14 heavy (non-hydrogen) atoms. The van der Waals surface area contributed by atoms with Gasteiger partial charge in [-0.25, -0.2) is 0 Å². The molecule has 1 rings (SSSR count). The number of hydrogen-bond acceptors (Lipinski definition) is 3. The predicted octanol–water partition coefficient (Wildman–Crippen LogP) is 1.30. The van der Waals surface area contributed by atoms with Gasteiger partial charge in [0.15, 0.2) is 0 Å². The van der Waals surface area contributed by atoms with Gasteiger partial charge in [-0.05, 0) is 31.0 Å². The zero-order valence-electron chi connectivity index (χ0n) is 8.87. The fourth-order valence-corrected chi connectivity index (χ4v) is 1.68. The van der Waals surface area contributed by atoms with Crippen LogP contribution in [-0.2, 0) is 0 Å². The lowest BCUT2D eigenvalue weighted by Gasteiger charge is -2.17. The number of hydrogen-bond donors (Lipinski definition) is 2. The van der Waals surface area contributed by atoms with Crippen molar-refractivity contribution in [1.29, 1.82) is 0 Å². The van der Waals surface area contributed by atoms with E-state index in [4.69, 9.17) is 15.6 Å². The van der Waals surface area contributed by atoms with Gasteiger partial charge in [0.2, 0.25) is 0 Å². The molecule has 0 heterocycles. The minimum absolute atomic E-state index is 0.0692. The van der Waals surface area contributed by atoms with Crippen LogP contribution in [0.4, 0.5) is 0 Å². The third-order valence-electron chi connectivity index (χ3n) is 2.28. The largest absolute Gasteiger partial charge is 0.496 e. The molecule has 3 nitrogen and oxygen atoms in total. The Morgan fingerprint density at radius 3 is 2.57 bits per heavy atom. The number of aryl methyl sites for hydroxylation is 2. The summed E-state index contributed by atoms with van der Waals surface area (Å²) in [4.78, 5) is 0. The Labute approximate surface area is 84.5 Å². The van der Waals surface area contributed by atoms with Gasteiger partial charge in [-0.3, -0.25) is 0 Å². The number of nitrogens with two attached hydrogens (primary N) is 1. The van der Waals surface area contributed by atoms with Crippen molar-refractivity contribution in [3.63, 3.8) is 0 Å². The molecule has 1 aromatic carbocycles. The lowest BCUT2D eigenvalue weighted by molar-refractivity contribution is 0.264. The van der Waals surface area contributed by atoms with Gasteiger partial charge in [0.25, 0.3) is 0 Å². The molecule has 3 heteroatoms. The Balaban J connectivity index is 3.24. The molecule has 0 amide bonds. The Hall–Kier alpha value is -1.06. The summed E-state index contributed by atoms with van der Waals surface area (Å²) in [7, 11) is 1.61. The van der Waals surface area contributed by atoms with Crippen LogP contribution >= 0.6 is 0 Å². The van der Waals surface area contributed by atoms with E-state index in [0.717, 1.165) is 22.4 Å².